The van der Waals surface area contributed by atoms with Crippen LogP contribution >= 0.6 is 12.2 Å². The molecule has 1 aromatic carbocycles. The number of thiocarbonyl (C=S) groups is 1. The minimum Gasteiger partial charge on any atom is -0.383 e. The third-order valence-corrected chi connectivity index (χ3v) is 5.82. The molecule has 2 N–H and O–H groups in total. The summed E-state index contributed by atoms with van der Waals surface area (Å²) in [6.07, 6.45) is 3.85. The molecule has 33 heavy (non-hydrogen) atoms. The van der Waals surface area contributed by atoms with E-state index in [4.69, 9.17) is 21.7 Å². The van der Waals surface area contributed by atoms with Gasteiger partial charge < -0.3 is 29.6 Å². The molecule has 9 heteroatoms. The van der Waals surface area contributed by atoms with Crippen molar-refractivity contribution in [3.05, 3.63) is 78.4 Å². The maximum atomic E-state index is 11.8. The van der Waals surface area contributed by atoms with Gasteiger partial charge in [0.1, 0.15) is 12.6 Å². The van der Waals surface area contributed by atoms with Gasteiger partial charge in [0, 0.05) is 50.2 Å². The van der Waals surface area contributed by atoms with Gasteiger partial charge in [0.25, 0.3) is 0 Å². The Balaban J connectivity index is 1.69. The van der Waals surface area contributed by atoms with E-state index in [1.165, 1.54) is 7.11 Å². The molecule has 0 bridgehead atoms. The maximum absolute atomic E-state index is 11.8. The topological polar surface area (TPSA) is 80.7 Å². The van der Waals surface area contributed by atoms with Crippen LogP contribution in [-0.4, -0.2) is 48.0 Å². The average molecular weight is 466 g/mol. The molecule has 0 radical (unpaired) electrons. The lowest BCUT2D eigenvalue weighted by Crippen LogP contribution is -2.30. The number of benzene rings is 1. The van der Waals surface area contributed by atoms with Gasteiger partial charge in [-0.25, -0.2) is 0 Å². The molecule has 2 atom stereocenters. The predicted octanol–water partition coefficient (Wildman–Crippen LogP) is 3.29. The molecule has 1 amide bonds. The molecule has 8 nitrogen and oxygen atoms in total. The van der Waals surface area contributed by atoms with E-state index in [0.717, 1.165) is 23.6 Å². The summed E-state index contributed by atoms with van der Waals surface area (Å²) in [5.41, 5.74) is 3.63. The number of aromatic nitrogens is 2. The number of methoxy groups -OCH3 is 2. The van der Waals surface area contributed by atoms with E-state index in [1.807, 2.05) is 48.5 Å². The monoisotopic (exact) mass is 465 g/mol. The van der Waals surface area contributed by atoms with Crippen LogP contribution < -0.4 is 15.5 Å². The zero-order valence-electron chi connectivity index (χ0n) is 18.6. The second kappa shape index (κ2) is 10.6. The first-order valence-corrected chi connectivity index (χ1v) is 11.1. The molecule has 0 spiro atoms. The van der Waals surface area contributed by atoms with Crippen molar-refractivity contribution in [3.8, 4) is 0 Å². The van der Waals surface area contributed by atoms with Crippen LogP contribution in [0.5, 0.6) is 0 Å². The van der Waals surface area contributed by atoms with E-state index in [9.17, 15) is 4.79 Å². The summed E-state index contributed by atoms with van der Waals surface area (Å²) in [6, 6.07) is 17.4. The van der Waals surface area contributed by atoms with Crippen molar-refractivity contribution in [1.82, 2.24) is 14.9 Å². The molecule has 0 aliphatic carbocycles. The van der Waals surface area contributed by atoms with Crippen molar-refractivity contribution in [2.75, 3.05) is 37.7 Å². The van der Waals surface area contributed by atoms with Crippen LogP contribution in [0.4, 0.5) is 11.4 Å². The van der Waals surface area contributed by atoms with Crippen molar-refractivity contribution < 1.29 is 14.3 Å². The summed E-state index contributed by atoms with van der Waals surface area (Å²) in [6.45, 7) is 1.35. The minimum atomic E-state index is -0.201. The van der Waals surface area contributed by atoms with Gasteiger partial charge in [-0.2, -0.15) is 0 Å². The molecule has 1 saturated heterocycles. The zero-order chi connectivity index (χ0) is 23.2. The number of rotatable bonds is 9. The van der Waals surface area contributed by atoms with Crippen molar-refractivity contribution in [2.45, 2.75) is 18.6 Å². The summed E-state index contributed by atoms with van der Waals surface area (Å²) in [5.74, 6) is -0.201. The summed E-state index contributed by atoms with van der Waals surface area (Å²) in [7, 11) is 3.19. The number of pyridine rings is 1. The van der Waals surface area contributed by atoms with E-state index in [-0.39, 0.29) is 24.6 Å². The van der Waals surface area contributed by atoms with Crippen molar-refractivity contribution in [1.29, 1.82) is 0 Å². The first-order chi connectivity index (χ1) is 16.1. The Morgan fingerprint density at radius 3 is 2.64 bits per heavy atom. The van der Waals surface area contributed by atoms with E-state index in [0.29, 0.717) is 17.4 Å². The lowest BCUT2D eigenvalue weighted by Gasteiger charge is -2.29. The Kier molecular flexibility index (Phi) is 7.33. The van der Waals surface area contributed by atoms with E-state index < -0.39 is 0 Å². The van der Waals surface area contributed by atoms with Crippen LogP contribution in [0.15, 0.2) is 67.0 Å². The predicted molar refractivity (Wildman–Crippen MR) is 131 cm³/mol. The fraction of sp³-hybridized carbons (Fsp3) is 0.292. The fourth-order valence-electron chi connectivity index (χ4n) is 4.06. The Morgan fingerprint density at radius 1 is 1.12 bits per heavy atom. The van der Waals surface area contributed by atoms with Crippen molar-refractivity contribution in [3.63, 3.8) is 0 Å². The highest BCUT2D eigenvalue weighted by Crippen LogP contribution is 2.41. The molecular formula is C24H27N5O3S. The average Bonchev–Trinajstić information content (AvgIpc) is 3.42. The van der Waals surface area contributed by atoms with Gasteiger partial charge in [-0.1, -0.05) is 6.07 Å². The molecule has 0 unspecified atom stereocenters. The molecule has 3 heterocycles. The molecular weight excluding hydrogens is 438 g/mol. The summed E-state index contributed by atoms with van der Waals surface area (Å²) in [5, 5.41) is 6.90. The van der Waals surface area contributed by atoms with Crippen LogP contribution in [0.25, 0.3) is 0 Å². The van der Waals surface area contributed by atoms with Gasteiger partial charge in [-0.15, -0.1) is 0 Å². The van der Waals surface area contributed by atoms with Gasteiger partial charge in [-0.3, -0.25) is 9.78 Å². The fourth-order valence-corrected chi connectivity index (χ4v) is 4.40. The lowest BCUT2D eigenvalue weighted by molar-refractivity contribution is -0.119. The third-order valence-electron chi connectivity index (χ3n) is 5.51. The number of ether oxygens (including phenoxy) is 2. The van der Waals surface area contributed by atoms with Gasteiger partial charge in [0.05, 0.1) is 18.3 Å². The number of hydrogen-bond acceptors (Lipinski definition) is 5. The molecule has 0 saturated carbocycles. The minimum absolute atomic E-state index is 0.00811. The van der Waals surface area contributed by atoms with E-state index in [2.05, 4.69) is 37.3 Å². The van der Waals surface area contributed by atoms with Crippen LogP contribution in [0.1, 0.15) is 23.5 Å². The van der Waals surface area contributed by atoms with Crippen LogP contribution in [0.3, 0.4) is 0 Å². The summed E-state index contributed by atoms with van der Waals surface area (Å²) < 4.78 is 12.4. The number of carbonyl (C=O) groups is 1. The number of nitrogens with zero attached hydrogens (tertiary/aromatic N) is 3. The second-order valence-electron chi connectivity index (χ2n) is 7.64. The highest BCUT2D eigenvalue weighted by atomic mass is 32.1. The Bertz CT molecular complexity index is 1090. The standard InChI is InChI=1S/C24H27N5O3S/c1-31-15-14-28-13-5-7-20(28)23-22(19-6-3-4-12-25-19)27-24(33)29(23)18-10-8-17(9-11-18)26-21(30)16-32-2/h3-13,22-23H,14-16H2,1-2H3,(H,26,30)(H,27,33)/t22-,23+/m0/s1. The van der Waals surface area contributed by atoms with Gasteiger partial charge in [0.15, 0.2) is 5.11 Å². The normalized spacial score (nSPS) is 17.8. The largest absolute Gasteiger partial charge is 0.383 e. The summed E-state index contributed by atoms with van der Waals surface area (Å²) >= 11 is 5.79. The molecule has 2 aromatic heterocycles. The molecule has 1 aliphatic heterocycles. The van der Waals surface area contributed by atoms with Crippen LogP contribution in [0, 0.1) is 0 Å². The highest BCUT2D eigenvalue weighted by molar-refractivity contribution is 7.80. The van der Waals surface area contributed by atoms with Crippen LogP contribution in [0.2, 0.25) is 0 Å². The second-order valence-corrected chi connectivity index (χ2v) is 8.03. The van der Waals surface area contributed by atoms with Gasteiger partial charge in [0.2, 0.25) is 5.91 Å². The Morgan fingerprint density at radius 2 is 1.94 bits per heavy atom. The molecule has 1 aliphatic rings. The SMILES string of the molecule is COCCn1cccc1[C@@H]1[C@H](c2ccccn2)NC(=S)N1c1ccc(NC(=O)COC)cc1. The summed E-state index contributed by atoms with van der Waals surface area (Å²) in [4.78, 5) is 18.5. The number of anilines is 2. The Hall–Kier alpha value is -3.27. The van der Waals surface area contributed by atoms with Crippen molar-refractivity contribution >= 4 is 34.6 Å². The first-order valence-electron chi connectivity index (χ1n) is 10.7. The van der Waals surface area contributed by atoms with Crippen molar-refractivity contribution in [2.24, 2.45) is 0 Å². The highest BCUT2D eigenvalue weighted by Gasteiger charge is 2.41. The molecule has 1 fully saturated rings. The molecule has 172 valence electrons. The quantitative estimate of drug-likeness (QED) is 0.470. The number of hydrogen-bond donors (Lipinski definition) is 2. The number of nitrogens with one attached hydrogen (secondary N) is 2. The van der Waals surface area contributed by atoms with E-state index >= 15 is 0 Å². The number of carbonyl (C=O) groups excluding carboxylic acids is 1. The lowest BCUT2D eigenvalue weighted by atomic mass is 10.0. The number of amides is 1. The zero-order valence-corrected chi connectivity index (χ0v) is 19.4. The Labute approximate surface area is 198 Å². The third kappa shape index (κ3) is 5.05. The maximum Gasteiger partial charge on any atom is 0.250 e. The van der Waals surface area contributed by atoms with Crippen LogP contribution in [-0.2, 0) is 20.8 Å². The molecule has 3 aromatic rings. The molecule has 4 rings (SSSR count). The first kappa shape index (κ1) is 22.9. The van der Waals surface area contributed by atoms with Gasteiger partial charge >= 0.3 is 0 Å². The van der Waals surface area contributed by atoms with Gasteiger partial charge in [-0.05, 0) is 60.7 Å². The smallest absolute Gasteiger partial charge is 0.250 e. The van der Waals surface area contributed by atoms with E-state index in [1.54, 1.807) is 13.3 Å².